The molecule has 1 amide bonds. The number of aromatic nitrogens is 3. The van der Waals surface area contributed by atoms with Crippen LogP contribution in [0, 0.1) is 12.7 Å². The molecular weight excluding hydrogens is 359 g/mol. The molecular formula is C21H19FN4O2. The van der Waals surface area contributed by atoms with Gasteiger partial charge in [-0.25, -0.2) is 14.1 Å². The monoisotopic (exact) mass is 378 g/mol. The van der Waals surface area contributed by atoms with Gasteiger partial charge in [-0.2, -0.15) is 5.10 Å². The number of halogens is 1. The summed E-state index contributed by atoms with van der Waals surface area (Å²) in [6.07, 6.45) is 1.50. The second kappa shape index (κ2) is 6.92. The third-order valence-corrected chi connectivity index (χ3v) is 4.48. The van der Waals surface area contributed by atoms with E-state index in [9.17, 15) is 9.18 Å². The Kier molecular flexibility index (Phi) is 4.43. The van der Waals surface area contributed by atoms with Crippen molar-refractivity contribution in [3.8, 4) is 5.69 Å². The second-order valence-corrected chi connectivity index (χ2v) is 6.88. The molecule has 0 saturated carbocycles. The van der Waals surface area contributed by atoms with Gasteiger partial charge in [0.05, 0.1) is 23.1 Å². The third-order valence-electron chi connectivity index (χ3n) is 4.48. The van der Waals surface area contributed by atoms with Gasteiger partial charge in [-0.05, 0) is 49.4 Å². The highest BCUT2D eigenvalue weighted by Crippen LogP contribution is 2.24. The fraction of sp³-hybridized carbons (Fsp3) is 0.190. The van der Waals surface area contributed by atoms with Gasteiger partial charge < -0.3 is 9.73 Å². The summed E-state index contributed by atoms with van der Waals surface area (Å²) in [7, 11) is 0. The standard InChI is InChI=1S/C21H19FN4O2/c1-12(2)21-25-18-10-15(6-9-19(18)28-21)24-20(27)17-11-23-26(13(17)3)16-7-4-14(22)5-8-16/h4-12H,1-3H3,(H,24,27). The molecule has 0 bridgehead atoms. The summed E-state index contributed by atoms with van der Waals surface area (Å²) in [5.41, 5.74) is 3.78. The smallest absolute Gasteiger partial charge is 0.259 e. The van der Waals surface area contributed by atoms with Crippen molar-refractivity contribution in [1.82, 2.24) is 14.8 Å². The summed E-state index contributed by atoms with van der Waals surface area (Å²) in [6.45, 7) is 5.81. The Hall–Kier alpha value is -3.48. The quantitative estimate of drug-likeness (QED) is 0.552. The number of nitrogens with one attached hydrogen (secondary N) is 1. The van der Waals surface area contributed by atoms with E-state index in [1.807, 2.05) is 13.8 Å². The van der Waals surface area contributed by atoms with E-state index in [0.29, 0.717) is 39.6 Å². The Labute approximate surface area is 161 Å². The molecule has 0 atom stereocenters. The summed E-state index contributed by atoms with van der Waals surface area (Å²) >= 11 is 0. The Morgan fingerprint density at radius 3 is 2.64 bits per heavy atom. The summed E-state index contributed by atoms with van der Waals surface area (Å²) < 4.78 is 20.4. The average Bonchev–Trinajstić information content (AvgIpc) is 3.26. The molecule has 0 spiro atoms. The fourth-order valence-electron chi connectivity index (χ4n) is 2.94. The zero-order valence-electron chi connectivity index (χ0n) is 15.7. The minimum Gasteiger partial charge on any atom is -0.440 e. The highest BCUT2D eigenvalue weighted by Gasteiger charge is 2.16. The van der Waals surface area contributed by atoms with Gasteiger partial charge in [0.1, 0.15) is 11.3 Å². The highest BCUT2D eigenvalue weighted by molar-refractivity contribution is 6.05. The number of rotatable bonds is 4. The van der Waals surface area contributed by atoms with Crippen LogP contribution in [0.3, 0.4) is 0 Å². The first-order valence-corrected chi connectivity index (χ1v) is 8.95. The lowest BCUT2D eigenvalue weighted by atomic mass is 10.2. The minimum absolute atomic E-state index is 0.186. The first-order chi connectivity index (χ1) is 13.4. The van der Waals surface area contributed by atoms with Crippen molar-refractivity contribution in [3.05, 3.63) is 71.6 Å². The Balaban J connectivity index is 1.58. The van der Waals surface area contributed by atoms with E-state index >= 15 is 0 Å². The van der Waals surface area contributed by atoms with Crippen molar-refractivity contribution in [2.24, 2.45) is 0 Å². The molecule has 0 unspecified atom stereocenters. The molecule has 4 rings (SSSR count). The van der Waals surface area contributed by atoms with Gasteiger partial charge in [0.15, 0.2) is 11.5 Å². The first-order valence-electron chi connectivity index (χ1n) is 8.95. The molecule has 0 fully saturated rings. The maximum atomic E-state index is 13.1. The van der Waals surface area contributed by atoms with Gasteiger partial charge in [-0.15, -0.1) is 0 Å². The molecule has 2 aromatic carbocycles. The zero-order chi connectivity index (χ0) is 19.8. The Morgan fingerprint density at radius 2 is 1.93 bits per heavy atom. The van der Waals surface area contributed by atoms with Crippen molar-refractivity contribution in [2.75, 3.05) is 5.32 Å². The Morgan fingerprint density at radius 1 is 1.18 bits per heavy atom. The number of nitrogens with zero attached hydrogens (tertiary/aromatic N) is 3. The van der Waals surface area contributed by atoms with E-state index in [1.54, 1.807) is 41.9 Å². The van der Waals surface area contributed by atoms with Gasteiger partial charge in [0.25, 0.3) is 5.91 Å². The lowest BCUT2D eigenvalue weighted by Crippen LogP contribution is -2.13. The number of hydrogen-bond acceptors (Lipinski definition) is 4. The van der Waals surface area contributed by atoms with Gasteiger partial charge in [0, 0.05) is 11.6 Å². The molecule has 6 nitrogen and oxygen atoms in total. The number of fused-ring (bicyclic) bond motifs is 1. The summed E-state index contributed by atoms with van der Waals surface area (Å²) in [6, 6.07) is 11.3. The lowest BCUT2D eigenvalue weighted by Gasteiger charge is -2.06. The summed E-state index contributed by atoms with van der Waals surface area (Å²) in [5, 5.41) is 7.13. The molecule has 4 aromatic rings. The largest absolute Gasteiger partial charge is 0.440 e. The van der Waals surface area contributed by atoms with Crippen LogP contribution in [0.15, 0.2) is 53.1 Å². The molecule has 0 aliphatic rings. The van der Waals surface area contributed by atoms with Crippen LogP contribution in [0.2, 0.25) is 0 Å². The molecule has 7 heteroatoms. The average molecular weight is 378 g/mol. The first kappa shape index (κ1) is 17.9. The van der Waals surface area contributed by atoms with Crippen LogP contribution < -0.4 is 5.32 Å². The predicted molar refractivity (Wildman–Crippen MR) is 104 cm³/mol. The summed E-state index contributed by atoms with van der Waals surface area (Å²) in [5.74, 6) is 0.244. The van der Waals surface area contributed by atoms with E-state index in [1.165, 1.54) is 18.3 Å². The fourth-order valence-corrected chi connectivity index (χ4v) is 2.94. The maximum absolute atomic E-state index is 13.1. The molecule has 0 aliphatic heterocycles. The normalized spacial score (nSPS) is 11.3. The van der Waals surface area contributed by atoms with Crippen molar-refractivity contribution in [2.45, 2.75) is 26.7 Å². The van der Waals surface area contributed by atoms with Crippen LogP contribution in [0.25, 0.3) is 16.8 Å². The van der Waals surface area contributed by atoms with Crippen LogP contribution in [0.1, 0.15) is 41.7 Å². The van der Waals surface area contributed by atoms with Crippen LogP contribution >= 0.6 is 0 Å². The van der Waals surface area contributed by atoms with E-state index in [-0.39, 0.29) is 17.6 Å². The van der Waals surface area contributed by atoms with Gasteiger partial charge in [0.2, 0.25) is 0 Å². The molecule has 0 radical (unpaired) electrons. The number of anilines is 1. The SMILES string of the molecule is Cc1c(C(=O)Nc2ccc3oc(C(C)C)nc3c2)cnn1-c1ccc(F)cc1. The van der Waals surface area contributed by atoms with Crippen LogP contribution in [0.4, 0.5) is 10.1 Å². The number of carbonyl (C=O) groups is 1. The summed E-state index contributed by atoms with van der Waals surface area (Å²) in [4.78, 5) is 17.2. The molecule has 2 heterocycles. The van der Waals surface area contributed by atoms with E-state index in [4.69, 9.17) is 4.42 Å². The number of oxazole rings is 1. The highest BCUT2D eigenvalue weighted by atomic mass is 19.1. The zero-order valence-corrected chi connectivity index (χ0v) is 15.7. The number of hydrogen-bond donors (Lipinski definition) is 1. The third kappa shape index (κ3) is 3.26. The van der Waals surface area contributed by atoms with E-state index < -0.39 is 0 Å². The van der Waals surface area contributed by atoms with Crippen molar-refractivity contribution < 1.29 is 13.6 Å². The van der Waals surface area contributed by atoms with Crippen molar-refractivity contribution in [1.29, 1.82) is 0 Å². The number of amides is 1. The van der Waals surface area contributed by atoms with Gasteiger partial charge in [-0.3, -0.25) is 4.79 Å². The minimum atomic E-state index is -0.324. The molecule has 0 saturated heterocycles. The molecule has 0 aliphatic carbocycles. The molecule has 142 valence electrons. The van der Waals surface area contributed by atoms with Gasteiger partial charge >= 0.3 is 0 Å². The second-order valence-electron chi connectivity index (χ2n) is 6.88. The topological polar surface area (TPSA) is 73.0 Å². The van der Waals surface area contributed by atoms with Crippen LogP contribution in [-0.4, -0.2) is 20.7 Å². The molecule has 28 heavy (non-hydrogen) atoms. The van der Waals surface area contributed by atoms with Crippen molar-refractivity contribution >= 4 is 22.7 Å². The van der Waals surface area contributed by atoms with E-state index in [0.717, 1.165) is 0 Å². The van der Waals surface area contributed by atoms with Crippen LogP contribution in [0.5, 0.6) is 0 Å². The van der Waals surface area contributed by atoms with E-state index in [2.05, 4.69) is 15.4 Å². The lowest BCUT2D eigenvalue weighted by molar-refractivity contribution is 0.102. The Bertz CT molecular complexity index is 1160. The predicted octanol–water partition coefficient (Wildman–Crippen LogP) is 4.84. The van der Waals surface area contributed by atoms with Crippen molar-refractivity contribution in [3.63, 3.8) is 0 Å². The van der Waals surface area contributed by atoms with Crippen LogP contribution in [-0.2, 0) is 0 Å². The maximum Gasteiger partial charge on any atom is 0.259 e. The number of carbonyl (C=O) groups excluding carboxylic acids is 1. The molecule has 2 aromatic heterocycles. The molecule has 1 N–H and O–H groups in total. The number of benzene rings is 2. The van der Waals surface area contributed by atoms with Gasteiger partial charge in [-0.1, -0.05) is 13.8 Å².